The van der Waals surface area contributed by atoms with Gasteiger partial charge < -0.3 is 15.2 Å². The summed E-state index contributed by atoms with van der Waals surface area (Å²) in [6.45, 7) is 0. The minimum Gasteiger partial charge on any atom is -0.493 e. The fourth-order valence-electron chi connectivity index (χ4n) is 1.60. The first kappa shape index (κ1) is 10.4. The van der Waals surface area contributed by atoms with Crippen molar-refractivity contribution in [3.8, 4) is 22.6 Å². The highest BCUT2D eigenvalue weighted by Gasteiger charge is 2.13. The van der Waals surface area contributed by atoms with Crippen LogP contribution in [0.3, 0.4) is 0 Å². The van der Waals surface area contributed by atoms with Crippen molar-refractivity contribution in [2.75, 3.05) is 20.0 Å². The molecule has 0 bridgehead atoms. The summed E-state index contributed by atoms with van der Waals surface area (Å²) in [5.41, 5.74) is 8.18. The van der Waals surface area contributed by atoms with Gasteiger partial charge in [0.2, 0.25) is 0 Å². The Morgan fingerprint density at radius 2 is 2.06 bits per heavy atom. The minimum absolute atomic E-state index is 0.610. The molecule has 2 rings (SSSR count). The number of anilines is 1. The number of rotatable bonds is 3. The Hall–Kier alpha value is -2.17. The van der Waals surface area contributed by atoms with E-state index < -0.39 is 0 Å². The third kappa shape index (κ3) is 1.67. The van der Waals surface area contributed by atoms with Crippen LogP contribution < -0.4 is 15.2 Å². The van der Waals surface area contributed by atoms with Gasteiger partial charge in [-0.25, -0.2) is 0 Å². The quantitative estimate of drug-likeness (QED) is 0.770. The number of H-pyrrole nitrogens is 1. The fraction of sp³-hybridized carbons (Fsp3) is 0.182. The van der Waals surface area contributed by atoms with Crippen molar-refractivity contribution in [1.29, 1.82) is 0 Å². The number of nitrogens with zero attached hydrogens (tertiary/aromatic N) is 1. The van der Waals surface area contributed by atoms with Gasteiger partial charge in [0, 0.05) is 29.1 Å². The lowest BCUT2D eigenvalue weighted by Crippen LogP contribution is -1.95. The van der Waals surface area contributed by atoms with E-state index in [1.165, 1.54) is 0 Å². The third-order valence-electron chi connectivity index (χ3n) is 2.31. The van der Waals surface area contributed by atoms with Crippen LogP contribution in [0.25, 0.3) is 11.1 Å². The van der Waals surface area contributed by atoms with Gasteiger partial charge in [-0.1, -0.05) is 0 Å². The normalized spacial score (nSPS) is 10.1. The topological polar surface area (TPSA) is 73.2 Å². The lowest BCUT2D eigenvalue weighted by molar-refractivity contribution is 0.356. The number of aromatic amines is 1. The van der Waals surface area contributed by atoms with Crippen LogP contribution in [0.5, 0.6) is 11.5 Å². The van der Waals surface area contributed by atoms with Gasteiger partial charge in [-0.2, -0.15) is 5.10 Å². The maximum Gasteiger partial charge on any atom is 0.168 e. The van der Waals surface area contributed by atoms with E-state index in [1.807, 2.05) is 6.07 Å². The largest absolute Gasteiger partial charge is 0.493 e. The number of methoxy groups -OCH3 is 2. The highest BCUT2D eigenvalue weighted by Crippen LogP contribution is 2.39. The molecule has 0 aliphatic rings. The van der Waals surface area contributed by atoms with E-state index in [1.54, 1.807) is 32.7 Å². The standard InChI is InChI=1S/C11H13N3O2/c1-15-10-4-8(12)3-9(11(10)16-2)7-5-13-14-6-7/h3-6H,12H2,1-2H3,(H,13,14). The third-order valence-corrected chi connectivity index (χ3v) is 2.31. The van der Waals surface area contributed by atoms with Crippen molar-refractivity contribution >= 4 is 5.69 Å². The fourth-order valence-corrected chi connectivity index (χ4v) is 1.60. The van der Waals surface area contributed by atoms with Crippen molar-refractivity contribution in [2.45, 2.75) is 0 Å². The van der Waals surface area contributed by atoms with Crippen LogP contribution >= 0.6 is 0 Å². The summed E-state index contributed by atoms with van der Waals surface area (Å²) in [6.07, 6.45) is 3.48. The van der Waals surface area contributed by atoms with E-state index >= 15 is 0 Å². The molecule has 1 aromatic heterocycles. The van der Waals surface area contributed by atoms with E-state index in [0.717, 1.165) is 11.1 Å². The Bertz CT molecular complexity index is 480. The Balaban J connectivity index is 2.63. The second-order valence-corrected chi connectivity index (χ2v) is 3.29. The second-order valence-electron chi connectivity index (χ2n) is 3.29. The summed E-state index contributed by atoms with van der Waals surface area (Å²) in [4.78, 5) is 0. The van der Waals surface area contributed by atoms with E-state index in [2.05, 4.69) is 10.2 Å². The first-order valence-corrected chi connectivity index (χ1v) is 4.77. The van der Waals surface area contributed by atoms with E-state index in [9.17, 15) is 0 Å². The van der Waals surface area contributed by atoms with Crippen LogP contribution in [0.15, 0.2) is 24.5 Å². The van der Waals surface area contributed by atoms with E-state index in [0.29, 0.717) is 17.2 Å². The molecule has 1 heterocycles. The zero-order valence-corrected chi connectivity index (χ0v) is 9.15. The number of benzene rings is 1. The van der Waals surface area contributed by atoms with Gasteiger partial charge in [0.1, 0.15) is 0 Å². The molecule has 0 spiro atoms. The van der Waals surface area contributed by atoms with E-state index in [-0.39, 0.29) is 0 Å². The van der Waals surface area contributed by atoms with Crippen LogP contribution in [0, 0.1) is 0 Å². The molecule has 0 fully saturated rings. The van der Waals surface area contributed by atoms with E-state index in [4.69, 9.17) is 15.2 Å². The molecule has 0 amide bonds. The van der Waals surface area contributed by atoms with Crippen molar-refractivity contribution in [1.82, 2.24) is 10.2 Å². The molecule has 16 heavy (non-hydrogen) atoms. The Morgan fingerprint density at radius 1 is 1.25 bits per heavy atom. The average Bonchev–Trinajstić information content (AvgIpc) is 2.81. The van der Waals surface area contributed by atoms with Gasteiger partial charge in [0.05, 0.1) is 20.4 Å². The zero-order valence-electron chi connectivity index (χ0n) is 9.15. The van der Waals surface area contributed by atoms with Gasteiger partial charge in [-0.15, -0.1) is 0 Å². The van der Waals surface area contributed by atoms with Gasteiger partial charge >= 0.3 is 0 Å². The number of nitrogens with two attached hydrogens (primary N) is 1. The highest BCUT2D eigenvalue weighted by molar-refractivity contribution is 5.76. The molecule has 0 radical (unpaired) electrons. The zero-order chi connectivity index (χ0) is 11.5. The molecule has 0 unspecified atom stereocenters. The average molecular weight is 219 g/mol. The molecule has 0 atom stereocenters. The lowest BCUT2D eigenvalue weighted by Gasteiger charge is -2.12. The number of nitrogen functional groups attached to an aromatic ring is 1. The number of aromatic nitrogens is 2. The minimum atomic E-state index is 0.610. The summed E-state index contributed by atoms with van der Waals surface area (Å²) < 4.78 is 10.5. The molecular formula is C11H13N3O2. The van der Waals surface area contributed by atoms with Crippen molar-refractivity contribution in [2.24, 2.45) is 0 Å². The summed E-state index contributed by atoms with van der Waals surface area (Å²) in [5.74, 6) is 1.26. The Kier molecular flexibility index (Phi) is 2.68. The summed E-state index contributed by atoms with van der Waals surface area (Å²) >= 11 is 0. The summed E-state index contributed by atoms with van der Waals surface area (Å²) in [6, 6.07) is 3.55. The first-order valence-electron chi connectivity index (χ1n) is 4.77. The molecular weight excluding hydrogens is 206 g/mol. The smallest absolute Gasteiger partial charge is 0.168 e. The maximum absolute atomic E-state index is 5.80. The molecule has 2 aromatic rings. The molecule has 0 saturated carbocycles. The van der Waals surface area contributed by atoms with Gasteiger partial charge in [0.15, 0.2) is 11.5 Å². The Morgan fingerprint density at radius 3 is 2.62 bits per heavy atom. The van der Waals surface area contributed by atoms with Crippen LogP contribution in [0.2, 0.25) is 0 Å². The molecule has 5 nitrogen and oxygen atoms in total. The molecule has 1 aromatic carbocycles. The monoisotopic (exact) mass is 219 g/mol. The summed E-state index contributed by atoms with van der Waals surface area (Å²) in [7, 11) is 3.17. The Labute approximate surface area is 93.2 Å². The highest BCUT2D eigenvalue weighted by atomic mass is 16.5. The van der Waals surface area contributed by atoms with Crippen molar-refractivity contribution in [3.63, 3.8) is 0 Å². The number of nitrogens with one attached hydrogen (secondary N) is 1. The number of hydrogen-bond acceptors (Lipinski definition) is 4. The number of hydrogen-bond donors (Lipinski definition) is 2. The van der Waals surface area contributed by atoms with Crippen LogP contribution in [0.1, 0.15) is 0 Å². The predicted molar refractivity (Wildman–Crippen MR) is 61.5 cm³/mol. The molecule has 84 valence electrons. The van der Waals surface area contributed by atoms with Crippen LogP contribution in [-0.4, -0.2) is 24.4 Å². The SMILES string of the molecule is COc1cc(N)cc(-c2cn[nH]c2)c1OC. The van der Waals surface area contributed by atoms with Gasteiger partial charge in [0.25, 0.3) is 0 Å². The van der Waals surface area contributed by atoms with Crippen LogP contribution in [-0.2, 0) is 0 Å². The molecule has 0 aliphatic heterocycles. The van der Waals surface area contributed by atoms with Crippen molar-refractivity contribution in [3.05, 3.63) is 24.5 Å². The molecule has 3 N–H and O–H groups in total. The molecule has 0 saturated heterocycles. The maximum atomic E-state index is 5.80. The second kappa shape index (κ2) is 4.14. The molecule has 5 heteroatoms. The van der Waals surface area contributed by atoms with Gasteiger partial charge in [-0.05, 0) is 6.07 Å². The summed E-state index contributed by atoms with van der Waals surface area (Å²) in [5, 5.41) is 6.65. The first-order chi connectivity index (χ1) is 7.76. The number of ether oxygens (including phenoxy) is 2. The predicted octanol–water partition coefficient (Wildman–Crippen LogP) is 1.68. The lowest BCUT2D eigenvalue weighted by atomic mass is 10.1. The molecule has 0 aliphatic carbocycles. The van der Waals surface area contributed by atoms with Gasteiger partial charge in [-0.3, -0.25) is 5.10 Å². The van der Waals surface area contributed by atoms with Crippen molar-refractivity contribution < 1.29 is 9.47 Å². The van der Waals surface area contributed by atoms with Crippen LogP contribution in [0.4, 0.5) is 5.69 Å².